The second-order valence-corrected chi connectivity index (χ2v) is 8.84. The SMILES string of the molecule is CO[C@H]1CC[C@H](S(=O)(=O)c2ccc(-n3cc(CCO)nn3)cc2C(F)(F)F)C1. The van der Waals surface area contributed by atoms with Crippen LogP contribution in [0.25, 0.3) is 5.69 Å². The normalized spacial score (nSPS) is 20.6. The molecule has 0 unspecified atom stereocenters. The molecule has 0 bridgehead atoms. The van der Waals surface area contributed by atoms with Crippen molar-refractivity contribution in [2.75, 3.05) is 13.7 Å². The lowest BCUT2D eigenvalue weighted by Crippen LogP contribution is -2.23. The van der Waals surface area contributed by atoms with Gasteiger partial charge in [-0.2, -0.15) is 13.2 Å². The first-order valence-corrected chi connectivity index (χ1v) is 10.2. The summed E-state index contributed by atoms with van der Waals surface area (Å²) in [4.78, 5) is -0.735. The molecule has 2 aromatic rings. The molecule has 1 heterocycles. The highest BCUT2D eigenvalue weighted by Crippen LogP contribution is 2.39. The van der Waals surface area contributed by atoms with Crippen molar-refractivity contribution in [3.05, 3.63) is 35.7 Å². The van der Waals surface area contributed by atoms with Crippen LogP contribution in [-0.4, -0.2) is 53.6 Å². The van der Waals surface area contributed by atoms with Crippen LogP contribution in [0, 0.1) is 0 Å². The van der Waals surface area contributed by atoms with Crippen LogP contribution in [0.15, 0.2) is 29.3 Å². The summed E-state index contributed by atoms with van der Waals surface area (Å²) in [5.74, 6) is 0. The highest BCUT2D eigenvalue weighted by atomic mass is 32.2. The topological polar surface area (TPSA) is 94.3 Å². The fourth-order valence-electron chi connectivity index (χ4n) is 3.36. The van der Waals surface area contributed by atoms with E-state index >= 15 is 0 Å². The number of hydrogen-bond acceptors (Lipinski definition) is 6. The van der Waals surface area contributed by atoms with Gasteiger partial charge < -0.3 is 9.84 Å². The van der Waals surface area contributed by atoms with Crippen LogP contribution in [-0.2, 0) is 27.2 Å². The summed E-state index contributed by atoms with van der Waals surface area (Å²) in [6, 6.07) is 3.00. The first-order valence-electron chi connectivity index (χ1n) is 8.67. The molecule has 1 aliphatic rings. The predicted octanol–water partition coefficient (Wildman–Crippen LogP) is 2.16. The van der Waals surface area contributed by atoms with Gasteiger partial charge in [0.2, 0.25) is 0 Å². The van der Waals surface area contributed by atoms with Crippen LogP contribution in [0.3, 0.4) is 0 Å². The fourth-order valence-corrected chi connectivity index (χ4v) is 5.37. The Labute approximate surface area is 160 Å². The maximum atomic E-state index is 13.7. The van der Waals surface area contributed by atoms with Gasteiger partial charge in [0.25, 0.3) is 0 Å². The number of nitrogens with zero attached hydrogens (tertiary/aromatic N) is 3. The Balaban J connectivity index is 2.02. The summed E-state index contributed by atoms with van der Waals surface area (Å²) in [5, 5.41) is 15.5. The predicted molar refractivity (Wildman–Crippen MR) is 92.8 cm³/mol. The number of alkyl halides is 3. The molecule has 1 aromatic carbocycles. The monoisotopic (exact) mass is 419 g/mol. The largest absolute Gasteiger partial charge is 0.417 e. The minimum Gasteiger partial charge on any atom is -0.396 e. The lowest BCUT2D eigenvalue weighted by atomic mass is 10.2. The first kappa shape index (κ1) is 20.7. The van der Waals surface area contributed by atoms with Gasteiger partial charge >= 0.3 is 6.18 Å². The number of rotatable bonds is 6. The van der Waals surface area contributed by atoms with Crippen molar-refractivity contribution in [3.8, 4) is 5.69 Å². The van der Waals surface area contributed by atoms with E-state index in [1.165, 1.54) is 19.4 Å². The Morgan fingerprint density at radius 2 is 2.07 bits per heavy atom. The molecule has 0 radical (unpaired) electrons. The molecule has 2 atom stereocenters. The van der Waals surface area contributed by atoms with E-state index in [1.807, 2.05) is 0 Å². The number of halogens is 3. The number of sulfone groups is 1. The maximum absolute atomic E-state index is 13.7. The van der Waals surface area contributed by atoms with Gasteiger partial charge in [-0.1, -0.05) is 5.21 Å². The third kappa shape index (κ3) is 4.06. The van der Waals surface area contributed by atoms with Crippen LogP contribution >= 0.6 is 0 Å². The Bertz CT molecular complexity index is 943. The van der Waals surface area contributed by atoms with Crippen LogP contribution < -0.4 is 0 Å². The number of benzene rings is 1. The van der Waals surface area contributed by atoms with E-state index in [-0.39, 0.29) is 37.7 Å². The molecule has 0 amide bonds. The summed E-state index contributed by atoms with van der Waals surface area (Å²) < 4.78 is 73.0. The molecule has 1 fully saturated rings. The van der Waals surface area contributed by atoms with E-state index in [0.717, 1.165) is 16.8 Å². The molecule has 28 heavy (non-hydrogen) atoms. The smallest absolute Gasteiger partial charge is 0.396 e. The van der Waals surface area contributed by atoms with E-state index < -0.39 is 31.7 Å². The zero-order chi connectivity index (χ0) is 20.5. The standard InChI is InChI=1S/C17H20F3N3O4S/c1-27-13-3-4-14(9-13)28(25,26)16-5-2-12(8-15(16)17(18,19)20)23-10-11(6-7-24)21-22-23/h2,5,8,10,13-14,24H,3-4,6-7,9H2,1H3/t13-,14-/m0/s1. The number of aliphatic hydroxyl groups is 1. The number of aliphatic hydroxyl groups excluding tert-OH is 1. The van der Waals surface area contributed by atoms with Crippen molar-refractivity contribution in [1.82, 2.24) is 15.0 Å². The Kier molecular flexibility index (Phi) is 5.78. The van der Waals surface area contributed by atoms with Gasteiger partial charge in [-0.25, -0.2) is 13.1 Å². The summed E-state index contributed by atoms with van der Waals surface area (Å²) in [6.07, 6.45) is -2.60. The summed E-state index contributed by atoms with van der Waals surface area (Å²) in [6.45, 7) is -0.173. The van der Waals surface area contributed by atoms with E-state index in [0.29, 0.717) is 12.1 Å². The molecule has 1 aliphatic carbocycles. The van der Waals surface area contributed by atoms with Gasteiger partial charge in [0.05, 0.1) is 39.4 Å². The van der Waals surface area contributed by atoms with Gasteiger partial charge in [-0.05, 0) is 37.5 Å². The molecule has 3 rings (SSSR count). The zero-order valence-electron chi connectivity index (χ0n) is 15.1. The molecule has 1 aromatic heterocycles. The molecule has 0 saturated heterocycles. The highest BCUT2D eigenvalue weighted by molar-refractivity contribution is 7.92. The quantitative estimate of drug-likeness (QED) is 0.771. The molecule has 0 spiro atoms. The molecule has 1 saturated carbocycles. The molecular weight excluding hydrogens is 399 g/mol. The highest BCUT2D eigenvalue weighted by Gasteiger charge is 2.42. The van der Waals surface area contributed by atoms with Gasteiger partial charge in [0, 0.05) is 20.1 Å². The van der Waals surface area contributed by atoms with Crippen LogP contribution in [0.2, 0.25) is 0 Å². The summed E-state index contributed by atoms with van der Waals surface area (Å²) in [7, 11) is -2.72. The van der Waals surface area contributed by atoms with Gasteiger partial charge in [0.1, 0.15) is 0 Å². The molecule has 154 valence electrons. The van der Waals surface area contributed by atoms with Crippen molar-refractivity contribution in [2.45, 2.75) is 48.1 Å². The first-order chi connectivity index (χ1) is 13.2. The number of ether oxygens (including phenoxy) is 1. The molecule has 1 N–H and O–H groups in total. The lowest BCUT2D eigenvalue weighted by molar-refractivity contribution is -0.139. The average Bonchev–Trinajstić information content (AvgIpc) is 3.30. The second kappa shape index (κ2) is 7.80. The number of hydrogen-bond donors (Lipinski definition) is 1. The van der Waals surface area contributed by atoms with Crippen LogP contribution in [0.5, 0.6) is 0 Å². The molecular formula is C17H20F3N3O4S. The number of aromatic nitrogens is 3. The third-order valence-corrected chi connectivity index (χ3v) is 7.13. The van der Waals surface area contributed by atoms with Crippen LogP contribution in [0.4, 0.5) is 13.2 Å². The minimum absolute atomic E-state index is 0.0316. The molecule has 7 nitrogen and oxygen atoms in total. The summed E-state index contributed by atoms with van der Waals surface area (Å²) >= 11 is 0. The van der Waals surface area contributed by atoms with Crippen molar-refractivity contribution < 1.29 is 31.4 Å². The van der Waals surface area contributed by atoms with E-state index in [9.17, 15) is 21.6 Å². The summed E-state index contributed by atoms with van der Waals surface area (Å²) in [5.41, 5.74) is -0.793. The maximum Gasteiger partial charge on any atom is 0.417 e. The van der Waals surface area contributed by atoms with Crippen molar-refractivity contribution >= 4 is 9.84 Å². The number of methoxy groups -OCH3 is 1. The molecule has 0 aliphatic heterocycles. The Hall–Kier alpha value is -1.98. The van der Waals surface area contributed by atoms with E-state index in [2.05, 4.69) is 10.3 Å². The average molecular weight is 419 g/mol. The van der Waals surface area contributed by atoms with Crippen molar-refractivity contribution in [2.24, 2.45) is 0 Å². The Morgan fingerprint density at radius 3 is 2.68 bits per heavy atom. The van der Waals surface area contributed by atoms with Crippen molar-refractivity contribution in [1.29, 1.82) is 0 Å². The van der Waals surface area contributed by atoms with Crippen molar-refractivity contribution in [3.63, 3.8) is 0 Å². The lowest BCUT2D eigenvalue weighted by Gasteiger charge is -2.18. The van der Waals surface area contributed by atoms with Gasteiger partial charge in [-0.3, -0.25) is 0 Å². The molecule has 11 heteroatoms. The second-order valence-electron chi connectivity index (χ2n) is 6.64. The van der Waals surface area contributed by atoms with Gasteiger partial charge in [0.15, 0.2) is 9.84 Å². The minimum atomic E-state index is -4.85. The Morgan fingerprint density at radius 1 is 1.32 bits per heavy atom. The van der Waals surface area contributed by atoms with E-state index in [4.69, 9.17) is 9.84 Å². The third-order valence-electron chi connectivity index (χ3n) is 4.86. The van der Waals surface area contributed by atoms with Gasteiger partial charge in [-0.15, -0.1) is 5.10 Å². The fraction of sp³-hybridized carbons (Fsp3) is 0.529. The van der Waals surface area contributed by atoms with E-state index in [1.54, 1.807) is 0 Å². The zero-order valence-corrected chi connectivity index (χ0v) is 15.9. The van der Waals surface area contributed by atoms with Crippen LogP contribution in [0.1, 0.15) is 30.5 Å².